The van der Waals surface area contributed by atoms with Crippen molar-refractivity contribution in [1.82, 2.24) is 15.0 Å². The van der Waals surface area contributed by atoms with Crippen LogP contribution in [0.2, 0.25) is 0 Å². The molecule has 2 heterocycles. The molecule has 0 bridgehead atoms. The fourth-order valence-corrected chi connectivity index (χ4v) is 6.30. The van der Waals surface area contributed by atoms with Gasteiger partial charge in [0.05, 0.1) is 12.4 Å². The molecule has 0 fully saturated rings. The fourth-order valence-electron chi connectivity index (χ4n) is 6.30. The summed E-state index contributed by atoms with van der Waals surface area (Å²) in [4.78, 5) is 14.5. The Labute approximate surface area is 291 Å². The molecule has 0 N–H and O–H groups in total. The second-order valence-corrected chi connectivity index (χ2v) is 11.7. The Hall–Kier alpha value is -6.65. The second kappa shape index (κ2) is 12.2. The zero-order chi connectivity index (χ0) is 36.9. The van der Waals surface area contributed by atoms with Crippen molar-refractivity contribution >= 4 is 21.9 Å². The van der Waals surface area contributed by atoms with Gasteiger partial charge in [-0.25, -0.2) is 15.0 Å². The summed E-state index contributed by atoms with van der Waals surface area (Å²) in [7, 11) is 0. The minimum atomic E-state index is -0.489. The number of hydrogen-bond donors (Lipinski definition) is 0. The predicted molar refractivity (Wildman–Crippen MR) is 200 cm³/mol. The van der Waals surface area contributed by atoms with E-state index in [1.165, 1.54) is 0 Å². The number of fused-ring (bicyclic) bond motifs is 3. The average Bonchev–Trinajstić information content (AvgIpc) is 3.62. The van der Waals surface area contributed by atoms with Crippen molar-refractivity contribution in [3.05, 3.63) is 176 Å². The molecule has 0 aliphatic rings. The Bertz CT molecular complexity index is 2850. The van der Waals surface area contributed by atoms with Crippen LogP contribution in [0.5, 0.6) is 0 Å². The molecule has 49 heavy (non-hydrogen) atoms. The average molecular weight is 633 g/mol. The molecule has 0 aliphatic carbocycles. The minimum Gasteiger partial charge on any atom is -0.455 e. The van der Waals surface area contributed by atoms with Crippen LogP contribution in [0, 0.1) is 0 Å². The molecule has 9 aromatic rings. The van der Waals surface area contributed by atoms with E-state index in [0.29, 0.717) is 22.3 Å². The zero-order valence-electron chi connectivity index (χ0n) is 31.1. The molecule has 0 aliphatic heterocycles. The van der Waals surface area contributed by atoms with Gasteiger partial charge in [-0.3, -0.25) is 0 Å². The Morgan fingerprint density at radius 1 is 0.408 bits per heavy atom. The first-order chi connectivity index (χ1) is 26.4. The molecule has 4 nitrogen and oxygen atoms in total. The Balaban J connectivity index is 1.24. The van der Waals surface area contributed by atoms with Crippen molar-refractivity contribution in [2.45, 2.75) is 0 Å². The number of para-hydroxylation sites is 1. The van der Waals surface area contributed by atoms with Gasteiger partial charge in [-0.15, -0.1) is 0 Å². The number of hydrogen-bond acceptors (Lipinski definition) is 4. The highest BCUT2D eigenvalue weighted by molar-refractivity contribution is 6.15. The van der Waals surface area contributed by atoms with Crippen LogP contribution in [-0.4, -0.2) is 15.0 Å². The normalized spacial score (nSPS) is 12.7. The lowest BCUT2D eigenvalue weighted by Crippen LogP contribution is -2.00. The van der Waals surface area contributed by atoms with Crippen LogP contribution in [0.25, 0.3) is 89.5 Å². The lowest BCUT2D eigenvalue weighted by Gasteiger charge is -2.09. The highest BCUT2D eigenvalue weighted by atomic mass is 16.3. The maximum absolute atomic E-state index is 8.73. The van der Waals surface area contributed by atoms with Crippen molar-refractivity contribution in [2.75, 3.05) is 0 Å². The van der Waals surface area contributed by atoms with E-state index in [0.717, 1.165) is 44.2 Å². The van der Waals surface area contributed by atoms with Gasteiger partial charge in [0.2, 0.25) is 0 Å². The standard InChI is InChI=1S/C45H29N3O/c1-4-13-30(14-5-1)32-25-27-34(28-26-32)44-46-43(33-17-8-3-9-18-33)47-45(48-44)39-23-11-22-38-41-37(21-12-24-40(41)49-42(38)39)36-20-10-19-35(29-36)31-15-6-2-7-16-31/h1-29H/i3D,8D,9D,17D,18D. The van der Waals surface area contributed by atoms with Crippen molar-refractivity contribution in [3.8, 4) is 67.5 Å². The maximum atomic E-state index is 8.73. The maximum Gasteiger partial charge on any atom is 0.167 e. The molecule has 9 rings (SSSR count). The van der Waals surface area contributed by atoms with E-state index in [-0.39, 0.29) is 23.0 Å². The zero-order valence-corrected chi connectivity index (χ0v) is 26.1. The Kier molecular flexibility index (Phi) is 5.87. The van der Waals surface area contributed by atoms with E-state index in [9.17, 15) is 0 Å². The quantitative estimate of drug-likeness (QED) is 0.183. The first kappa shape index (κ1) is 23.6. The molecule has 0 saturated heterocycles. The largest absolute Gasteiger partial charge is 0.455 e. The number of nitrogens with zero attached hydrogens (tertiary/aromatic N) is 3. The van der Waals surface area contributed by atoms with Crippen LogP contribution >= 0.6 is 0 Å². The van der Waals surface area contributed by atoms with Crippen LogP contribution in [0.1, 0.15) is 6.85 Å². The summed E-state index contributed by atoms with van der Waals surface area (Å²) >= 11 is 0. The molecular formula is C45H29N3O. The highest BCUT2D eigenvalue weighted by Crippen LogP contribution is 2.41. The Morgan fingerprint density at radius 3 is 1.71 bits per heavy atom. The smallest absolute Gasteiger partial charge is 0.167 e. The molecule has 230 valence electrons. The number of furan rings is 1. The first-order valence-electron chi connectivity index (χ1n) is 18.5. The van der Waals surface area contributed by atoms with E-state index >= 15 is 0 Å². The topological polar surface area (TPSA) is 51.8 Å². The molecule has 0 saturated carbocycles. The van der Waals surface area contributed by atoms with Crippen LogP contribution in [-0.2, 0) is 0 Å². The van der Waals surface area contributed by atoms with Gasteiger partial charge in [0.15, 0.2) is 17.5 Å². The van der Waals surface area contributed by atoms with Gasteiger partial charge in [-0.1, -0.05) is 158 Å². The predicted octanol–water partition coefficient (Wildman–Crippen LogP) is 11.8. The summed E-state index contributed by atoms with van der Waals surface area (Å²) in [6.07, 6.45) is 0. The lowest BCUT2D eigenvalue weighted by atomic mass is 9.95. The lowest BCUT2D eigenvalue weighted by molar-refractivity contribution is 0.669. The molecule has 7 aromatic carbocycles. The Morgan fingerprint density at radius 2 is 0.959 bits per heavy atom. The van der Waals surface area contributed by atoms with Crippen molar-refractivity contribution < 1.29 is 11.3 Å². The molecule has 0 atom stereocenters. The van der Waals surface area contributed by atoms with Gasteiger partial charge < -0.3 is 4.42 Å². The minimum absolute atomic E-state index is 0.0364. The van der Waals surface area contributed by atoms with Crippen LogP contribution in [0.4, 0.5) is 0 Å². The molecular weight excluding hydrogens is 599 g/mol. The van der Waals surface area contributed by atoms with Crippen LogP contribution in [0.3, 0.4) is 0 Å². The van der Waals surface area contributed by atoms with Gasteiger partial charge in [0, 0.05) is 21.9 Å². The van der Waals surface area contributed by atoms with Crippen LogP contribution < -0.4 is 0 Å². The van der Waals surface area contributed by atoms with E-state index in [2.05, 4.69) is 42.5 Å². The fraction of sp³-hybridized carbons (Fsp3) is 0. The summed E-state index contributed by atoms with van der Waals surface area (Å²) < 4.78 is 49.0. The van der Waals surface area contributed by atoms with E-state index in [4.69, 9.17) is 26.2 Å². The highest BCUT2D eigenvalue weighted by Gasteiger charge is 2.19. The first-order valence-corrected chi connectivity index (χ1v) is 16.0. The van der Waals surface area contributed by atoms with Gasteiger partial charge in [-0.05, 0) is 51.6 Å². The van der Waals surface area contributed by atoms with Gasteiger partial charge in [-0.2, -0.15) is 0 Å². The summed E-state index contributed by atoms with van der Waals surface area (Å²) in [5.41, 5.74) is 8.74. The molecule has 4 heteroatoms. The summed E-state index contributed by atoms with van der Waals surface area (Å²) in [5, 5.41) is 1.80. The summed E-state index contributed by atoms with van der Waals surface area (Å²) in [6.45, 7) is 0. The van der Waals surface area contributed by atoms with E-state index in [1.54, 1.807) is 0 Å². The van der Waals surface area contributed by atoms with Gasteiger partial charge in [0.25, 0.3) is 0 Å². The second-order valence-electron chi connectivity index (χ2n) is 11.7. The molecule has 2 aromatic heterocycles. The number of benzene rings is 7. The SMILES string of the molecule is [2H]c1c([2H])c([2H])c(-c2nc(-c3ccc(-c4ccccc4)cc3)nc(-c3cccc4c3oc3cccc(-c5cccc(-c6ccccc6)c5)c34)n2)c([2H])c1[2H]. The third-order valence-electron chi connectivity index (χ3n) is 8.65. The molecule has 0 amide bonds. The van der Waals surface area contributed by atoms with Gasteiger partial charge in [0.1, 0.15) is 11.2 Å². The van der Waals surface area contributed by atoms with Gasteiger partial charge >= 0.3 is 0 Å². The van der Waals surface area contributed by atoms with E-state index in [1.807, 2.05) is 103 Å². The summed E-state index contributed by atoms with van der Waals surface area (Å²) in [6, 6.07) is 46.1. The monoisotopic (exact) mass is 632 g/mol. The summed E-state index contributed by atoms with van der Waals surface area (Å²) in [5.74, 6) is 0.491. The number of aromatic nitrogens is 3. The van der Waals surface area contributed by atoms with Crippen molar-refractivity contribution in [3.63, 3.8) is 0 Å². The molecule has 0 radical (unpaired) electrons. The van der Waals surface area contributed by atoms with Crippen LogP contribution in [0.15, 0.2) is 180 Å². The van der Waals surface area contributed by atoms with Crippen molar-refractivity contribution in [1.29, 1.82) is 0 Å². The van der Waals surface area contributed by atoms with Crippen molar-refractivity contribution in [2.24, 2.45) is 0 Å². The molecule has 0 unspecified atom stereocenters. The molecule has 0 spiro atoms. The van der Waals surface area contributed by atoms with E-state index < -0.39 is 30.2 Å². The number of rotatable bonds is 6. The third kappa shape index (κ3) is 5.35. The third-order valence-corrected chi connectivity index (χ3v) is 8.65.